The molecule has 0 saturated carbocycles. The Bertz CT molecular complexity index is 1100. The Morgan fingerprint density at radius 3 is 2.18 bits per heavy atom. The van der Waals surface area contributed by atoms with Crippen molar-refractivity contribution < 1.29 is 22.4 Å². The monoisotopic (exact) mass is 497 g/mol. The molecule has 2 aromatic rings. The highest BCUT2D eigenvalue weighted by Gasteiger charge is 2.31. The second kappa shape index (κ2) is 10.5. The van der Waals surface area contributed by atoms with E-state index in [9.17, 15) is 22.4 Å². The van der Waals surface area contributed by atoms with E-state index in [1.807, 2.05) is 0 Å². The van der Waals surface area contributed by atoms with Crippen molar-refractivity contribution in [3.05, 3.63) is 64.9 Å². The van der Waals surface area contributed by atoms with Gasteiger partial charge in [0.25, 0.3) is 0 Å². The molecule has 33 heavy (non-hydrogen) atoms. The van der Waals surface area contributed by atoms with Crippen LogP contribution in [0.15, 0.2) is 48.5 Å². The number of amides is 2. The summed E-state index contributed by atoms with van der Waals surface area (Å²) in [7, 11) is -3.85. The quantitative estimate of drug-likeness (QED) is 0.604. The minimum Gasteiger partial charge on any atom is -0.350 e. The number of nitrogens with one attached hydrogen (secondary N) is 1. The van der Waals surface area contributed by atoms with Crippen LogP contribution in [0.2, 0.25) is 5.02 Å². The van der Waals surface area contributed by atoms with Crippen molar-refractivity contribution in [2.75, 3.05) is 17.1 Å². The molecule has 0 radical (unpaired) electrons. The molecule has 0 aliphatic carbocycles. The first-order valence-electron chi connectivity index (χ1n) is 10.3. The van der Waals surface area contributed by atoms with Crippen LogP contribution >= 0.6 is 11.6 Å². The third-order valence-corrected chi connectivity index (χ3v) is 6.15. The van der Waals surface area contributed by atoms with E-state index in [-0.39, 0.29) is 17.8 Å². The molecule has 7 nitrogen and oxygen atoms in total. The number of anilines is 1. The summed E-state index contributed by atoms with van der Waals surface area (Å²) in [5.41, 5.74) is -0.105. The molecule has 1 N–H and O–H groups in total. The number of carbonyl (C=O) groups is 2. The zero-order valence-corrected chi connectivity index (χ0v) is 20.9. The van der Waals surface area contributed by atoms with Crippen LogP contribution in [0, 0.1) is 5.82 Å². The molecule has 2 aromatic carbocycles. The van der Waals surface area contributed by atoms with Gasteiger partial charge in [-0.2, -0.15) is 0 Å². The lowest BCUT2D eigenvalue weighted by atomic mass is 10.1. The SMILES string of the molecule is CC(C(=O)NC(C)(C)C)N(Cc1ccccc1F)C(=O)CN(c1ccc(Cl)cc1)S(C)(=O)=O. The number of halogens is 2. The molecule has 10 heteroatoms. The largest absolute Gasteiger partial charge is 0.350 e. The summed E-state index contributed by atoms with van der Waals surface area (Å²) in [6.07, 6.45) is 0.978. The molecule has 0 spiro atoms. The number of carbonyl (C=O) groups excluding carboxylic acids is 2. The molecule has 0 saturated heterocycles. The van der Waals surface area contributed by atoms with Gasteiger partial charge in [-0.05, 0) is 58.0 Å². The highest BCUT2D eigenvalue weighted by Crippen LogP contribution is 2.22. The smallest absolute Gasteiger partial charge is 0.244 e. The van der Waals surface area contributed by atoms with E-state index < -0.39 is 45.8 Å². The fraction of sp³-hybridized carbons (Fsp3) is 0.391. The highest BCUT2D eigenvalue weighted by atomic mass is 35.5. The minimum atomic E-state index is -3.85. The molecular weight excluding hydrogens is 469 g/mol. The summed E-state index contributed by atoms with van der Waals surface area (Å²) >= 11 is 5.90. The average molecular weight is 498 g/mol. The van der Waals surface area contributed by atoms with Gasteiger partial charge in [-0.3, -0.25) is 13.9 Å². The van der Waals surface area contributed by atoms with Crippen LogP contribution in [0.1, 0.15) is 33.3 Å². The lowest BCUT2D eigenvalue weighted by Crippen LogP contribution is -2.54. The lowest BCUT2D eigenvalue weighted by molar-refractivity contribution is -0.140. The van der Waals surface area contributed by atoms with Crippen molar-refractivity contribution >= 4 is 39.1 Å². The molecule has 2 amide bonds. The van der Waals surface area contributed by atoms with Gasteiger partial charge < -0.3 is 10.2 Å². The van der Waals surface area contributed by atoms with Gasteiger partial charge in [0.1, 0.15) is 18.4 Å². The van der Waals surface area contributed by atoms with Crippen LogP contribution in [-0.4, -0.2) is 49.5 Å². The van der Waals surface area contributed by atoms with Crippen LogP contribution in [0.25, 0.3) is 0 Å². The molecule has 0 bridgehead atoms. The third-order valence-electron chi connectivity index (χ3n) is 4.76. The Morgan fingerprint density at radius 1 is 1.09 bits per heavy atom. The fourth-order valence-corrected chi connectivity index (χ4v) is 4.06. The summed E-state index contributed by atoms with van der Waals surface area (Å²) in [5.74, 6) is -1.63. The van der Waals surface area contributed by atoms with E-state index in [0.717, 1.165) is 10.6 Å². The van der Waals surface area contributed by atoms with Crippen LogP contribution < -0.4 is 9.62 Å². The first kappa shape index (κ1) is 26.6. The second-order valence-electron chi connectivity index (χ2n) is 8.77. The van der Waals surface area contributed by atoms with Crippen LogP contribution in [-0.2, 0) is 26.2 Å². The summed E-state index contributed by atoms with van der Waals surface area (Å²) in [6.45, 7) is 6.14. The highest BCUT2D eigenvalue weighted by molar-refractivity contribution is 7.92. The van der Waals surface area contributed by atoms with Gasteiger partial charge in [-0.1, -0.05) is 29.8 Å². The molecule has 0 heterocycles. The fourth-order valence-electron chi connectivity index (χ4n) is 3.09. The van der Waals surface area contributed by atoms with Gasteiger partial charge in [-0.25, -0.2) is 12.8 Å². The topological polar surface area (TPSA) is 86.8 Å². The summed E-state index contributed by atoms with van der Waals surface area (Å²) in [4.78, 5) is 27.4. The van der Waals surface area contributed by atoms with Crippen LogP contribution in [0.4, 0.5) is 10.1 Å². The summed E-state index contributed by atoms with van der Waals surface area (Å²) in [6, 6.07) is 10.9. The number of benzene rings is 2. The summed E-state index contributed by atoms with van der Waals surface area (Å²) in [5, 5.41) is 3.21. The predicted octanol–water partition coefficient (Wildman–Crippen LogP) is 3.58. The molecule has 0 aliphatic heterocycles. The Kier molecular flexibility index (Phi) is 8.48. The van der Waals surface area contributed by atoms with Crippen molar-refractivity contribution in [1.82, 2.24) is 10.2 Å². The molecule has 180 valence electrons. The lowest BCUT2D eigenvalue weighted by Gasteiger charge is -2.33. The van der Waals surface area contributed by atoms with Gasteiger partial charge in [0.2, 0.25) is 21.8 Å². The van der Waals surface area contributed by atoms with E-state index >= 15 is 0 Å². The van der Waals surface area contributed by atoms with Gasteiger partial charge in [0.05, 0.1) is 11.9 Å². The molecule has 0 fully saturated rings. The predicted molar refractivity (Wildman–Crippen MR) is 128 cm³/mol. The maximum atomic E-state index is 14.3. The first-order chi connectivity index (χ1) is 15.2. The Hall–Kier alpha value is -2.65. The number of hydrogen-bond donors (Lipinski definition) is 1. The van der Waals surface area contributed by atoms with Crippen LogP contribution in [0.3, 0.4) is 0 Å². The molecule has 0 aromatic heterocycles. The molecule has 1 atom stereocenters. The van der Waals surface area contributed by atoms with Crippen molar-refractivity contribution in [2.24, 2.45) is 0 Å². The first-order valence-corrected chi connectivity index (χ1v) is 12.5. The van der Waals surface area contributed by atoms with E-state index in [1.165, 1.54) is 54.3 Å². The minimum absolute atomic E-state index is 0.206. The maximum absolute atomic E-state index is 14.3. The van der Waals surface area contributed by atoms with Gasteiger partial charge in [0, 0.05) is 22.7 Å². The van der Waals surface area contributed by atoms with Gasteiger partial charge in [0.15, 0.2) is 0 Å². The molecular formula is C23H29ClFN3O4S. The van der Waals surface area contributed by atoms with Crippen LogP contribution in [0.5, 0.6) is 0 Å². The Labute approximate surface area is 199 Å². The van der Waals surface area contributed by atoms with Crippen molar-refractivity contribution in [2.45, 2.75) is 45.8 Å². The van der Waals surface area contributed by atoms with E-state index in [2.05, 4.69) is 5.32 Å². The van der Waals surface area contributed by atoms with Crippen molar-refractivity contribution in [3.8, 4) is 0 Å². The number of rotatable bonds is 8. The Balaban J connectivity index is 2.41. The maximum Gasteiger partial charge on any atom is 0.244 e. The second-order valence-corrected chi connectivity index (χ2v) is 11.1. The van der Waals surface area contributed by atoms with Gasteiger partial charge >= 0.3 is 0 Å². The van der Waals surface area contributed by atoms with Crippen molar-refractivity contribution in [1.29, 1.82) is 0 Å². The number of hydrogen-bond acceptors (Lipinski definition) is 4. The van der Waals surface area contributed by atoms with E-state index in [1.54, 1.807) is 26.8 Å². The zero-order chi connectivity index (χ0) is 25.0. The standard InChI is InChI=1S/C23H29ClFN3O4S/c1-16(22(30)26-23(2,3)4)27(14-17-8-6-7-9-20(17)25)21(29)15-28(33(5,31)32)19-12-10-18(24)11-13-19/h6-13,16H,14-15H2,1-5H3,(H,26,30). The van der Waals surface area contributed by atoms with E-state index in [4.69, 9.17) is 11.6 Å². The molecule has 2 rings (SSSR count). The summed E-state index contributed by atoms with van der Waals surface area (Å²) < 4.78 is 40.2. The van der Waals surface area contributed by atoms with Gasteiger partial charge in [-0.15, -0.1) is 0 Å². The van der Waals surface area contributed by atoms with E-state index in [0.29, 0.717) is 5.02 Å². The third kappa shape index (κ3) is 7.71. The molecule has 1 unspecified atom stereocenters. The zero-order valence-electron chi connectivity index (χ0n) is 19.3. The number of nitrogens with zero attached hydrogens (tertiary/aromatic N) is 2. The average Bonchev–Trinajstić information content (AvgIpc) is 2.69. The molecule has 0 aliphatic rings. The van der Waals surface area contributed by atoms with Crippen molar-refractivity contribution in [3.63, 3.8) is 0 Å². The Morgan fingerprint density at radius 2 is 1.67 bits per heavy atom. The normalized spacial score (nSPS) is 12.7. The number of sulfonamides is 1.